The van der Waals surface area contributed by atoms with E-state index < -0.39 is 27.8 Å². The summed E-state index contributed by atoms with van der Waals surface area (Å²) in [6.07, 6.45) is 0.426. The molecule has 1 atom stereocenters. The minimum atomic E-state index is -3.74. The molecule has 88 valence electrons. The van der Waals surface area contributed by atoms with Crippen LogP contribution in [0.5, 0.6) is 0 Å². The molecule has 8 heteroatoms. The van der Waals surface area contributed by atoms with E-state index >= 15 is 0 Å². The van der Waals surface area contributed by atoms with Gasteiger partial charge in [0.2, 0.25) is 10.0 Å². The maximum atomic E-state index is 11.3. The first-order valence-corrected chi connectivity index (χ1v) is 6.24. The Morgan fingerprint density at radius 3 is 2.47 bits per heavy atom. The monoisotopic (exact) mass is 254 g/mol. The van der Waals surface area contributed by atoms with Gasteiger partial charge in [-0.15, -0.1) is 0 Å². The second kappa shape index (κ2) is 5.99. The second-order valence-electron chi connectivity index (χ2n) is 2.82. The van der Waals surface area contributed by atoms with Crippen molar-refractivity contribution >= 4 is 33.2 Å². The van der Waals surface area contributed by atoms with E-state index in [1.54, 1.807) is 6.92 Å². The Balaban J connectivity index is 4.49. The Hall–Kier alpha value is -0.730. The van der Waals surface area contributed by atoms with Crippen LogP contribution in [0.15, 0.2) is 0 Å². The van der Waals surface area contributed by atoms with Gasteiger partial charge in [0.15, 0.2) is 5.75 Å². The SMILES string of the molecule is CCC(NS(=O)(=O)CC(=O)OC)C(N)=S. The third-order valence-electron chi connectivity index (χ3n) is 1.61. The van der Waals surface area contributed by atoms with Crippen molar-refractivity contribution < 1.29 is 17.9 Å². The third-order valence-corrected chi connectivity index (χ3v) is 3.15. The van der Waals surface area contributed by atoms with Gasteiger partial charge in [0, 0.05) is 0 Å². The first kappa shape index (κ1) is 14.3. The summed E-state index contributed by atoms with van der Waals surface area (Å²) in [5, 5.41) is 0. The number of esters is 1. The lowest BCUT2D eigenvalue weighted by atomic mass is 10.2. The van der Waals surface area contributed by atoms with Crippen LogP contribution in [-0.2, 0) is 19.6 Å². The molecule has 0 aromatic rings. The molecule has 15 heavy (non-hydrogen) atoms. The van der Waals surface area contributed by atoms with E-state index in [-0.39, 0.29) is 4.99 Å². The number of rotatable bonds is 6. The van der Waals surface area contributed by atoms with Gasteiger partial charge < -0.3 is 10.5 Å². The normalized spacial score (nSPS) is 13.2. The van der Waals surface area contributed by atoms with E-state index in [1.807, 2.05) is 0 Å². The largest absolute Gasteiger partial charge is 0.468 e. The molecule has 0 spiro atoms. The number of sulfonamides is 1. The predicted molar refractivity (Wildman–Crippen MR) is 59.8 cm³/mol. The van der Waals surface area contributed by atoms with Gasteiger partial charge in [0.25, 0.3) is 0 Å². The number of hydrogen-bond donors (Lipinski definition) is 2. The van der Waals surface area contributed by atoms with E-state index in [2.05, 4.69) is 21.7 Å². The Bertz CT molecular complexity index is 339. The highest BCUT2D eigenvalue weighted by Crippen LogP contribution is 1.96. The molecule has 0 aliphatic heterocycles. The molecule has 0 aliphatic carbocycles. The Labute approximate surface area is 94.2 Å². The van der Waals surface area contributed by atoms with E-state index in [9.17, 15) is 13.2 Å². The summed E-state index contributed by atoms with van der Waals surface area (Å²) in [5.41, 5.74) is 5.31. The van der Waals surface area contributed by atoms with Crippen molar-refractivity contribution in [3.63, 3.8) is 0 Å². The van der Waals surface area contributed by atoms with Crippen LogP contribution >= 0.6 is 12.2 Å². The summed E-state index contributed by atoms with van der Waals surface area (Å²) < 4.78 is 29.1. The van der Waals surface area contributed by atoms with Crippen LogP contribution in [0.2, 0.25) is 0 Å². The lowest BCUT2D eigenvalue weighted by molar-refractivity contribution is -0.137. The van der Waals surface area contributed by atoms with Crippen LogP contribution in [-0.4, -0.2) is 38.3 Å². The van der Waals surface area contributed by atoms with Crippen molar-refractivity contribution in [2.24, 2.45) is 5.73 Å². The number of hydrogen-bond acceptors (Lipinski definition) is 5. The molecular weight excluding hydrogens is 240 g/mol. The van der Waals surface area contributed by atoms with Gasteiger partial charge in [0.05, 0.1) is 18.1 Å². The van der Waals surface area contributed by atoms with Crippen molar-refractivity contribution in [2.45, 2.75) is 19.4 Å². The molecule has 0 aliphatic rings. The minimum absolute atomic E-state index is 0.0472. The quantitative estimate of drug-likeness (QED) is 0.473. The van der Waals surface area contributed by atoms with Crippen molar-refractivity contribution in [1.29, 1.82) is 0 Å². The topological polar surface area (TPSA) is 98.5 Å². The third kappa shape index (κ3) is 5.65. The maximum absolute atomic E-state index is 11.3. The highest BCUT2D eigenvalue weighted by atomic mass is 32.2. The zero-order valence-corrected chi connectivity index (χ0v) is 10.2. The van der Waals surface area contributed by atoms with Crippen LogP contribution in [0.1, 0.15) is 13.3 Å². The minimum Gasteiger partial charge on any atom is -0.468 e. The molecule has 0 aromatic carbocycles. The van der Waals surface area contributed by atoms with E-state index in [1.165, 1.54) is 0 Å². The van der Waals surface area contributed by atoms with Crippen molar-refractivity contribution in [3.05, 3.63) is 0 Å². The number of methoxy groups -OCH3 is 1. The summed E-state index contributed by atoms with van der Waals surface area (Å²) in [6.45, 7) is 1.73. The average Bonchev–Trinajstić information content (AvgIpc) is 2.13. The predicted octanol–water partition coefficient (Wildman–Crippen LogP) is -0.856. The average molecular weight is 254 g/mol. The number of thiocarbonyl (C=S) groups is 1. The first-order chi connectivity index (χ1) is 6.82. The summed E-state index contributed by atoms with van der Waals surface area (Å²) in [4.78, 5) is 10.8. The lowest BCUT2D eigenvalue weighted by Crippen LogP contribution is -2.44. The Kier molecular flexibility index (Phi) is 5.69. The van der Waals surface area contributed by atoms with Gasteiger partial charge in [-0.2, -0.15) is 0 Å². The molecule has 6 nitrogen and oxygen atoms in total. The molecule has 0 fully saturated rings. The smallest absolute Gasteiger partial charge is 0.322 e. The molecule has 0 bridgehead atoms. The molecule has 0 amide bonds. The number of carbonyl (C=O) groups is 1. The summed E-state index contributed by atoms with van der Waals surface area (Å²) >= 11 is 4.66. The maximum Gasteiger partial charge on any atom is 0.322 e. The Morgan fingerprint density at radius 2 is 2.13 bits per heavy atom. The molecular formula is C7H14N2O4S2. The van der Waals surface area contributed by atoms with E-state index in [0.717, 1.165) is 7.11 Å². The van der Waals surface area contributed by atoms with Crippen LogP contribution < -0.4 is 10.5 Å². The van der Waals surface area contributed by atoms with Crippen LogP contribution in [0.3, 0.4) is 0 Å². The Morgan fingerprint density at radius 1 is 1.60 bits per heavy atom. The van der Waals surface area contributed by atoms with E-state index in [0.29, 0.717) is 6.42 Å². The van der Waals surface area contributed by atoms with Gasteiger partial charge in [-0.25, -0.2) is 13.1 Å². The highest BCUT2D eigenvalue weighted by molar-refractivity contribution is 7.90. The number of nitrogens with two attached hydrogens (primary N) is 1. The number of ether oxygens (including phenoxy) is 1. The van der Waals surface area contributed by atoms with E-state index in [4.69, 9.17) is 5.73 Å². The van der Waals surface area contributed by atoms with Crippen LogP contribution in [0.25, 0.3) is 0 Å². The molecule has 0 rings (SSSR count). The van der Waals surface area contributed by atoms with Crippen molar-refractivity contribution in [1.82, 2.24) is 4.72 Å². The first-order valence-electron chi connectivity index (χ1n) is 4.18. The zero-order valence-electron chi connectivity index (χ0n) is 8.52. The lowest BCUT2D eigenvalue weighted by Gasteiger charge is -2.14. The fraction of sp³-hybridized carbons (Fsp3) is 0.714. The van der Waals surface area contributed by atoms with Gasteiger partial charge in [-0.3, -0.25) is 4.79 Å². The molecule has 3 N–H and O–H groups in total. The standard InChI is InChI=1S/C7H14N2O4S2/c1-3-5(7(8)14)9-15(11,12)4-6(10)13-2/h5,9H,3-4H2,1-2H3,(H2,8,14). The fourth-order valence-corrected chi connectivity index (χ4v) is 2.35. The highest BCUT2D eigenvalue weighted by Gasteiger charge is 2.21. The molecule has 0 heterocycles. The summed E-state index contributed by atoms with van der Waals surface area (Å²) in [6, 6.07) is -0.630. The van der Waals surface area contributed by atoms with Crippen LogP contribution in [0.4, 0.5) is 0 Å². The molecule has 0 saturated heterocycles. The van der Waals surface area contributed by atoms with Gasteiger partial charge in [0.1, 0.15) is 0 Å². The molecule has 0 radical (unpaired) electrons. The molecule has 0 aromatic heterocycles. The fourth-order valence-electron chi connectivity index (χ4n) is 0.815. The van der Waals surface area contributed by atoms with Crippen molar-refractivity contribution in [3.8, 4) is 0 Å². The number of nitrogens with one attached hydrogen (secondary N) is 1. The number of carbonyl (C=O) groups excluding carboxylic acids is 1. The van der Waals surface area contributed by atoms with Crippen LogP contribution in [0, 0.1) is 0 Å². The molecule has 1 unspecified atom stereocenters. The molecule has 0 saturated carbocycles. The zero-order chi connectivity index (χ0) is 12.1. The van der Waals surface area contributed by atoms with Gasteiger partial charge in [-0.05, 0) is 6.42 Å². The van der Waals surface area contributed by atoms with Gasteiger partial charge in [-0.1, -0.05) is 19.1 Å². The summed E-state index contributed by atoms with van der Waals surface area (Å²) in [7, 11) is -2.63. The second-order valence-corrected chi connectivity index (χ2v) is 5.04. The van der Waals surface area contributed by atoms with Crippen molar-refractivity contribution in [2.75, 3.05) is 12.9 Å². The van der Waals surface area contributed by atoms with Gasteiger partial charge >= 0.3 is 5.97 Å². The summed E-state index contributed by atoms with van der Waals surface area (Å²) in [5.74, 6) is -1.57.